The molecule has 1 nitrogen and oxygen atoms in total. The molecule has 1 aromatic rings. The van der Waals surface area contributed by atoms with Crippen molar-refractivity contribution in [2.24, 2.45) is 0 Å². The summed E-state index contributed by atoms with van der Waals surface area (Å²) in [6.07, 6.45) is 0.172. The molecule has 0 fully saturated rings. The molecule has 1 rings (SSSR count). The van der Waals surface area contributed by atoms with Crippen molar-refractivity contribution in [3.05, 3.63) is 29.3 Å². The van der Waals surface area contributed by atoms with E-state index in [1.54, 1.807) is 13.0 Å². The number of ketones is 1. The fourth-order valence-electron chi connectivity index (χ4n) is 1.28. The van der Waals surface area contributed by atoms with Gasteiger partial charge in [0.1, 0.15) is 0 Å². The third-order valence-corrected chi connectivity index (χ3v) is 3.15. The topological polar surface area (TPSA) is 17.1 Å². The molecule has 0 aliphatic carbocycles. The molecule has 0 aromatic heterocycles. The number of Topliss-reactive ketones (excluding diaryl/α,β-unsaturated/α-hetero) is 1. The van der Waals surface area contributed by atoms with E-state index in [1.165, 1.54) is 12.1 Å². The first kappa shape index (κ1) is 14.4. The van der Waals surface area contributed by atoms with Crippen LogP contribution in [0.15, 0.2) is 23.1 Å². The highest BCUT2D eigenvalue weighted by atomic mass is 35.5. The van der Waals surface area contributed by atoms with Gasteiger partial charge in [0.2, 0.25) is 0 Å². The molecule has 94 valence electrons. The van der Waals surface area contributed by atoms with E-state index in [2.05, 4.69) is 0 Å². The van der Waals surface area contributed by atoms with Gasteiger partial charge in [0.05, 0.1) is 0 Å². The van der Waals surface area contributed by atoms with Gasteiger partial charge in [-0.3, -0.25) is 4.79 Å². The average Bonchev–Trinajstić information content (AvgIpc) is 2.25. The summed E-state index contributed by atoms with van der Waals surface area (Å²) in [6.45, 7) is 1.61. The lowest BCUT2D eigenvalue weighted by Crippen LogP contribution is -2.05. The molecule has 0 aliphatic heterocycles. The maximum Gasteiger partial charge on any atom is 0.446 e. The molecule has 0 saturated carbocycles. The van der Waals surface area contributed by atoms with Crippen LogP contribution >= 0.6 is 23.4 Å². The van der Waals surface area contributed by atoms with E-state index >= 15 is 0 Å². The Labute approximate surface area is 106 Å². The van der Waals surface area contributed by atoms with Crippen molar-refractivity contribution in [3.8, 4) is 0 Å². The zero-order valence-electron chi connectivity index (χ0n) is 8.97. The summed E-state index contributed by atoms with van der Waals surface area (Å²) >= 11 is 5.28. The van der Waals surface area contributed by atoms with E-state index in [4.69, 9.17) is 11.6 Å². The number of hydrogen-bond donors (Lipinski definition) is 0. The van der Waals surface area contributed by atoms with Crippen molar-refractivity contribution < 1.29 is 18.0 Å². The molecule has 17 heavy (non-hydrogen) atoms. The molecule has 0 aliphatic rings. The second-order valence-corrected chi connectivity index (χ2v) is 4.66. The Morgan fingerprint density at radius 3 is 2.53 bits per heavy atom. The molecule has 0 heterocycles. The van der Waals surface area contributed by atoms with Crippen LogP contribution in [0.4, 0.5) is 13.2 Å². The standard InChI is InChI=1S/C11H10ClF3OS/c1-2-9(16)8-4-3-7(6-12)5-10(8)17-11(13,14)15/h3-5H,2,6H2,1H3. The lowest BCUT2D eigenvalue weighted by molar-refractivity contribution is -0.0328. The van der Waals surface area contributed by atoms with Crippen LogP contribution in [0.1, 0.15) is 29.3 Å². The van der Waals surface area contributed by atoms with E-state index in [1.807, 2.05) is 0 Å². The van der Waals surface area contributed by atoms with Gasteiger partial charge < -0.3 is 0 Å². The second-order valence-electron chi connectivity index (χ2n) is 3.29. The Hall–Kier alpha value is -0.680. The van der Waals surface area contributed by atoms with Gasteiger partial charge >= 0.3 is 5.51 Å². The van der Waals surface area contributed by atoms with Crippen molar-refractivity contribution in [1.82, 2.24) is 0 Å². The van der Waals surface area contributed by atoms with Crippen molar-refractivity contribution in [3.63, 3.8) is 0 Å². The molecule has 6 heteroatoms. The summed E-state index contributed by atoms with van der Waals surface area (Å²) in [4.78, 5) is 11.4. The van der Waals surface area contributed by atoms with Crippen LogP contribution < -0.4 is 0 Å². The average molecular weight is 283 g/mol. The molecule has 0 bridgehead atoms. The van der Waals surface area contributed by atoms with Crippen LogP contribution in [0.25, 0.3) is 0 Å². The monoisotopic (exact) mass is 282 g/mol. The number of alkyl halides is 4. The van der Waals surface area contributed by atoms with E-state index in [9.17, 15) is 18.0 Å². The summed E-state index contributed by atoms with van der Waals surface area (Å²) in [6, 6.07) is 4.28. The normalized spacial score (nSPS) is 11.6. The van der Waals surface area contributed by atoms with Gasteiger partial charge in [-0.25, -0.2) is 0 Å². The fourth-order valence-corrected chi connectivity index (χ4v) is 2.20. The van der Waals surface area contributed by atoms with Crippen molar-refractivity contribution in [2.45, 2.75) is 29.6 Å². The highest BCUT2D eigenvalue weighted by Gasteiger charge is 2.31. The Morgan fingerprint density at radius 2 is 2.06 bits per heavy atom. The van der Waals surface area contributed by atoms with Crippen molar-refractivity contribution >= 4 is 29.1 Å². The maximum atomic E-state index is 12.3. The van der Waals surface area contributed by atoms with E-state index in [0.717, 1.165) is 0 Å². The highest BCUT2D eigenvalue weighted by molar-refractivity contribution is 8.00. The zero-order chi connectivity index (χ0) is 13.1. The fraction of sp³-hybridized carbons (Fsp3) is 0.364. The smallest absolute Gasteiger partial charge is 0.294 e. The van der Waals surface area contributed by atoms with Crippen LogP contribution in [-0.2, 0) is 5.88 Å². The molecule has 0 unspecified atom stereocenters. The first-order chi connectivity index (χ1) is 7.87. The third-order valence-electron chi connectivity index (χ3n) is 2.05. The summed E-state index contributed by atoms with van der Waals surface area (Å²) in [5, 5.41) is 0. The quantitative estimate of drug-likeness (QED) is 0.455. The number of benzene rings is 1. The number of thioether (sulfide) groups is 1. The summed E-state index contributed by atoms with van der Waals surface area (Å²) in [7, 11) is 0. The van der Waals surface area contributed by atoms with E-state index in [0.29, 0.717) is 5.56 Å². The summed E-state index contributed by atoms with van der Waals surface area (Å²) < 4.78 is 37.0. The Bertz CT molecular complexity index is 418. The molecular formula is C11H10ClF3OS. The third kappa shape index (κ3) is 4.24. The summed E-state index contributed by atoms with van der Waals surface area (Å²) in [5.41, 5.74) is -3.75. The lowest BCUT2D eigenvalue weighted by Gasteiger charge is -2.11. The number of halogens is 4. The van der Waals surface area contributed by atoms with Gasteiger partial charge in [0.25, 0.3) is 0 Å². The van der Waals surface area contributed by atoms with Gasteiger partial charge in [0, 0.05) is 22.8 Å². The molecule has 0 amide bonds. The SMILES string of the molecule is CCC(=O)c1ccc(CCl)cc1SC(F)(F)F. The second kappa shape index (κ2) is 5.78. The minimum Gasteiger partial charge on any atom is -0.294 e. The van der Waals surface area contributed by atoms with Gasteiger partial charge in [0.15, 0.2) is 5.78 Å². The van der Waals surface area contributed by atoms with Gasteiger partial charge in [-0.2, -0.15) is 13.2 Å². The zero-order valence-corrected chi connectivity index (χ0v) is 10.5. The Morgan fingerprint density at radius 1 is 1.41 bits per heavy atom. The van der Waals surface area contributed by atoms with Crippen LogP contribution in [0.3, 0.4) is 0 Å². The first-order valence-corrected chi connectivity index (χ1v) is 6.20. The van der Waals surface area contributed by atoms with Crippen LogP contribution in [0, 0.1) is 0 Å². The number of carbonyl (C=O) groups is 1. The molecule has 0 spiro atoms. The number of hydrogen-bond acceptors (Lipinski definition) is 2. The minimum absolute atomic E-state index is 0.0810. The summed E-state index contributed by atoms with van der Waals surface area (Å²) in [5.74, 6) is -0.190. The Kier molecular flexibility index (Phi) is 4.89. The molecular weight excluding hydrogens is 273 g/mol. The first-order valence-electron chi connectivity index (χ1n) is 4.85. The number of rotatable bonds is 4. The minimum atomic E-state index is -4.41. The van der Waals surface area contributed by atoms with Gasteiger partial charge in [-0.15, -0.1) is 11.6 Å². The molecule has 1 aromatic carbocycles. The molecule has 0 N–H and O–H groups in total. The van der Waals surface area contributed by atoms with Crippen LogP contribution in [-0.4, -0.2) is 11.3 Å². The van der Waals surface area contributed by atoms with Crippen molar-refractivity contribution in [2.75, 3.05) is 0 Å². The van der Waals surface area contributed by atoms with E-state index < -0.39 is 5.51 Å². The predicted molar refractivity (Wildman–Crippen MR) is 62.5 cm³/mol. The highest BCUT2D eigenvalue weighted by Crippen LogP contribution is 2.39. The molecule has 0 saturated heterocycles. The maximum absolute atomic E-state index is 12.3. The van der Waals surface area contributed by atoms with E-state index in [-0.39, 0.29) is 40.3 Å². The van der Waals surface area contributed by atoms with Crippen LogP contribution in [0.2, 0.25) is 0 Å². The van der Waals surface area contributed by atoms with Crippen molar-refractivity contribution in [1.29, 1.82) is 0 Å². The van der Waals surface area contributed by atoms with Gasteiger partial charge in [-0.05, 0) is 29.5 Å². The largest absolute Gasteiger partial charge is 0.446 e. The molecule has 0 atom stereocenters. The lowest BCUT2D eigenvalue weighted by atomic mass is 10.1. The van der Waals surface area contributed by atoms with Gasteiger partial charge in [-0.1, -0.05) is 13.0 Å². The Balaban J connectivity index is 3.16. The number of carbonyl (C=O) groups excluding carboxylic acids is 1. The van der Waals surface area contributed by atoms with Crippen LogP contribution in [0.5, 0.6) is 0 Å². The predicted octanol–water partition coefficient (Wildman–Crippen LogP) is 4.63. The molecule has 0 radical (unpaired) electrons.